The van der Waals surface area contributed by atoms with E-state index in [2.05, 4.69) is 24.1 Å². The third-order valence-corrected chi connectivity index (χ3v) is 3.94. The van der Waals surface area contributed by atoms with Crippen LogP contribution in [0.2, 0.25) is 0 Å². The Morgan fingerprint density at radius 2 is 2.04 bits per heavy atom. The van der Waals surface area contributed by atoms with E-state index in [1.165, 1.54) is 12.1 Å². The third kappa shape index (κ3) is 4.80. The lowest BCUT2D eigenvalue weighted by atomic mass is 10.1. The molecule has 1 aliphatic heterocycles. The predicted octanol–water partition coefficient (Wildman–Crippen LogP) is 2.51. The number of carbonyl (C=O) groups excluding carboxylic acids is 1. The molecular formula is C15H23ClN4O3. The van der Waals surface area contributed by atoms with Crippen LogP contribution < -0.4 is 10.2 Å². The lowest BCUT2D eigenvalue weighted by molar-refractivity contribution is -0.384. The molecule has 1 heterocycles. The number of hydrogen-bond donors (Lipinski definition) is 1. The minimum Gasteiger partial charge on any atom is -0.360 e. The molecule has 0 aromatic heterocycles. The van der Waals surface area contributed by atoms with Crippen LogP contribution in [0.15, 0.2) is 18.2 Å². The second-order valence-electron chi connectivity index (χ2n) is 5.31. The van der Waals surface area contributed by atoms with E-state index in [0.717, 1.165) is 38.3 Å². The molecule has 128 valence electrons. The van der Waals surface area contributed by atoms with Gasteiger partial charge in [-0.1, -0.05) is 13.8 Å². The molecule has 7 nitrogen and oxygen atoms in total. The van der Waals surface area contributed by atoms with E-state index in [4.69, 9.17) is 0 Å². The van der Waals surface area contributed by atoms with Gasteiger partial charge in [-0.3, -0.25) is 14.9 Å². The van der Waals surface area contributed by atoms with Crippen molar-refractivity contribution in [3.05, 3.63) is 28.3 Å². The second-order valence-corrected chi connectivity index (χ2v) is 5.31. The van der Waals surface area contributed by atoms with Crippen molar-refractivity contribution >= 4 is 35.4 Å². The summed E-state index contributed by atoms with van der Waals surface area (Å²) in [5.74, 6) is -0.129. The van der Waals surface area contributed by atoms with Crippen LogP contribution in [-0.2, 0) is 4.79 Å². The molecule has 0 spiro atoms. The molecular weight excluding hydrogens is 320 g/mol. The van der Waals surface area contributed by atoms with Crippen LogP contribution in [0.3, 0.4) is 0 Å². The standard InChI is InChI=1S/C15H22N4O3.ClH/c1-3-17(4-2)8-5-9-18-11-15(20)16-13-10-12(19(21)22)6-7-14(13)18;/h6-7,10H,3-5,8-9,11H2,1-2H3,(H,16,20);1H. The highest BCUT2D eigenvalue weighted by molar-refractivity contribution is 6.01. The Bertz CT molecular complexity index is 564. The van der Waals surface area contributed by atoms with Crippen LogP contribution in [0.5, 0.6) is 0 Å². The molecule has 1 amide bonds. The SMILES string of the molecule is CCN(CC)CCCN1CC(=O)Nc2cc([N+](=O)[O-])ccc21.Cl. The lowest BCUT2D eigenvalue weighted by Gasteiger charge is -2.31. The summed E-state index contributed by atoms with van der Waals surface area (Å²) >= 11 is 0. The largest absolute Gasteiger partial charge is 0.360 e. The Hall–Kier alpha value is -1.86. The van der Waals surface area contributed by atoms with Gasteiger partial charge in [0.15, 0.2) is 0 Å². The lowest BCUT2D eigenvalue weighted by Crippen LogP contribution is -2.39. The van der Waals surface area contributed by atoms with Gasteiger partial charge in [-0.15, -0.1) is 12.4 Å². The van der Waals surface area contributed by atoms with Crippen LogP contribution in [0.1, 0.15) is 20.3 Å². The monoisotopic (exact) mass is 342 g/mol. The minimum atomic E-state index is -0.453. The first-order valence-electron chi connectivity index (χ1n) is 7.60. The van der Waals surface area contributed by atoms with E-state index < -0.39 is 4.92 Å². The van der Waals surface area contributed by atoms with Crippen molar-refractivity contribution in [3.8, 4) is 0 Å². The van der Waals surface area contributed by atoms with E-state index >= 15 is 0 Å². The molecule has 23 heavy (non-hydrogen) atoms. The van der Waals surface area contributed by atoms with Crippen LogP contribution in [0, 0.1) is 10.1 Å². The average molecular weight is 343 g/mol. The smallest absolute Gasteiger partial charge is 0.271 e. The van der Waals surface area contributed by atoms with Gasteiger partial charge < -0.3 is 15.1 Å². The molecule has 8 heteroatoms. The van der Waals surface area contributed by atoms with Crippen LogP contribution >= 0.6 is 12.4 Å². The van der Waals surface area contributed by atoms with E-state index in [1.807, 2.05) is 4.90 Å². The van der Waals surface area contributed by atoms with Gasteiger partial charge in [0.2, 0.25) is 5.91 Å². The fourth-order valence-corrected chi connectivity index (χ4v) is 2.69. The summed E-state index contributed by atoms with van der Waals surface area (Å²) in [6.07, 6.45) is 0.950. The molecule has 2 rings (SSSR count). The molecule has 0 fully saturated rings. The Morgan fingerprint density at radius 3 is 2.65 bits per heavy atom. The number of non-ortho nitro benzene ring substituents is 1. The van der Waals surface area contributed by atoms with E-state index in [9.17, 15) is 14.9 Å². The van der Waals surface area contributed by atoms with Crippen LogP contribution in [-0.4, -0.2) is 48.5 Å². The van der Waals surface area contributed by atoms with Gasteiger partial charge in [0.25, 0.3) is 5.69 Å². The summed E-state index contributed by atoms with van der Waals surface area (Å²) in [6, 6.07) is 4.61. The maximum absolute atomic E-state index is 11.8. The molecule has 1 aromatic carbocycles. The van der Waals surface area contributed by atoms with Gasteiger partial charge >= 0.3 is 0 Å². The number of benzene rings is 1. The molecule has 0 aliphatic carbocycles. The highest BCUT2D eigenvalue weighted by Gasteiger charge is 2.23. The zero-order chi connectivity index (χ0) is 16.1. The number of rotatable bonds is 7. The Kier molecular flexibility index (Phi) is 7.25. The number of hydrogen-bond acceptors (Lipinski definition) is 5. The molecule has 0 bridgehead atoms. The summed E-state index contributed by atoms with van der Waals surface area (Å²) in [5, 5.41) is 13.5. The summed E-state index contributed by atoms with van der Waals surface area (Å²) in [7, 11) is 0. The van der Waals surface area contributed by atoms with Gasteiger partial charge in [0, 0.05) is 18.7 Å². The van der Waals surface area contributed by atoms with Crippen molar-refractivity contribution < 1.29 is 9.72 Å². The first kappa shape index (κ1) is 19.2. The summed E-state index contributed by atoms with van der Waals surface area (Å²) < 4.78 is 0. The molecule has 0 saturated carbocycles. The van der Waals surface area contributed by atoms with Gasteiger partial charge in [-0.25, -0.2) is 0 Å². The molecule has 0 radical (unpaired) electrons. The van der Waals surface area contributed by atoms with E-state index in [-0.39, 0.29) is 24.0 Å². The first-order chi connectivity index (χ1) is 10.5. The van der Waals surface area contributed by atoms with Crippen molar-refractivity contribution in [2.75, 3.05) is 42.9 Å². The average Bonchev–Trinajstić information content (AvgIpc) is 2.50. The van der Waals surface area contributed by atoms with Crippen molar-refractivity contribution in [1.82, 2.24) is 4.90 Å². The number of nitrogens with zero attached hydrogens (tertiary/aromatic N) is 3. The number of nitro groups is 1. The summed E-state index contributed by atoms with van der Waals surface area (Å²) in [6.45, 7) is 8.32. The molecule has 1 aromatic rings. The maximum Gasteiger partial charge on any atom is 0.271 e. The molecule has 0 atom stereocenters. The van der Waals surface area contributed by atoms with Gasteiger partial charge in [-0.05, 0) is 32.1 Å². The second kappa shape index (κ2) is 8.69. The van der Waals surface area contributed by atoms with Crippen LogP contribution in [0.4, 0.5) is 17.1 Å². The molecule has 1 aliphatic rings. The third-order valence-electron chi connectivity index (χ3n) is 3.94. The zero-order valence-corrected chi connectivity index (χ0v) is 14.3. The number of carbonyl (C=O) groups is 1. The van der Waals surface area contributed by atoms with Gasteiger partial charge in [0.1, 0.15) is 0 Å². The minimum absolute atomic E-state index is 0. The summed E-state index contributed by atoms with van der Waals surface area (Å²) in [5.41, 5.74) is 1.36. The predicted molar refractivity (Wildman–Crippen MR) is 93.6 cm³/mol. The zero-order valence-electron chi connectivity index (χ0n) is 13.4. The van der Waals surface area contributed by atoms with Crippen molar-refractivity contribution in [3.63, 3.8) is 0 Å². The maximum atomic E-state index is 11.8. The van der Waals surface area contributed by atoms with Crippen molar-refractivity contribution in [2.24, 2.45) is 0 Å². The number of nitro benzene ring substituents is 1. The first-order valence-corrected chi connectivity index (χ1v) is 7.60. The number of nitrogens with one attached hydrogen (secondary N) is 1. The molecule has 1 N–H and O–H groups in total. The van der Waals surface area contributed by atoms with Crippen molar-refractivity contribution in [2.45, 2.75) is 20.3 Å². The quantitative estimate of drug-likeness (QED) is 0.608. The molecule has 0 saturated heterocycles. The number of amides is 1. The normalized spacial score (nSPS) is 13.3. The van der Waals surface area contributed by atoms with Crippen LogP contribution in [0.25, 0.3) is 0 Å². The van der Waals surface area contributed by atoms with Gasteiger partial charge in [0.05, 0.1) is 22.8 Å². The molecule has 0 unspecified atom stereocenters. The number of anilines is 2. The number of halogens is 1. The van der Waals surface area contributed by atoms with E-state index in [1.54, 1.807) is 6.07 Å². The highest BCUT2D eigenvalue weighted by atomic mass is 35.5. The fraction of sp³-hybridized carbons (Fsp3) is 0.533. The Labute approximate surface area is 142 Å². The fourth-order valence-electron chi connectivity index (χ4n) is 2.69. The van der Waals surface area contributed by atoms with Gasteiger partial charge in [-0.2, -0.15) is 0 Å². The van der Waals surface area contributed by atoms with Crippen molar-refractivity contribution in [1.29, 1.82) is 0 Å². The van der Waals surface area contributed by atoms with E-state index in [0.29, 0.717) is 12.2 Å². The topological polar surface area (TPSA) is 78.7 Å². The highest BCUT2D eigenvalue weighted by Crippen LogP contribution is 2.32. The Morgan fingerprint density at radius 1 is 1.35 bits per heavy atom. The number of fused-ring (bicyclic) bond motifs is 1. The Balaban J connectivity index is 0.00000264. The summed E-state index contributed by atoms with van der Waals surface area (Å²) in [4.78, 5) is 26.5.